The Labute approximate surface area is 120 Å². The van der Waals surface area contributed by atoms with Gasteiger partial charge in [-0.25, -0.2) is 0 Å². The molecule has 20 heavy (non-hydrogen) atoms. The number of amides is 2. The van der Waals surface area contributed by atoms with Gasteiger partial charge in [-0.15, -0.1) is 0 Å². The summed E-state index contributed by atoms with van der Waals surface area (Å²) < 4.78 is 0. The second kappa shape index (κ2) is 6.55. The summed E-state index contributed by atoms with van der Waals surface area (Å²) in [6, 6.07) is 7.89. The van der Waals surface area contributed by atoms with E-state index in [1.807, 2.05) is 29.2 Å². The number of carbonyl (C=O) groups excluding carboxylic acids is 2. The van der Waals surface area contributed by atoms with Gasteiger partial charge in [-0.05, 0) is 30.0 Å². The Morgan fingerprint density at radius 3 is 2.25 bits per heavy atom. The molecule has 1 aromatic carbocycles. The molecule has 0 radical (unpaired) electrons. The van der Waals surface area contributed by atoms with Crippen LogP contribution in [0.5, 0.6) is 0 Å². The maximum atomic E-state index is 12.3. The molecular weight excluding hydrogens is 252 g/mol. The van der Waals surface area contributed by atoms with Crippen molar-refractivity contribution in [3.8, 4) is 0 Å². The van der Waals surface area contributed by atoms with Crippen molar-refractivity contribution in [1.29, 1.82) is 0 Å². The van der Waals surface area contributed by atoms with Gasteiger partial charge < -0.3 is 9.80 Å². The quantitative estimate of drug-likeness (QED) is 0.786. The molecule has 1 heterocycles. The molecule has 2 amide bonds. The van der Waals surface area contributed by atoms with E-state index in [0.29, 0.717) is 32.1 Å². The van der Waals surface area contributed by atoms with E-state index in [0.717, 1.165) is 18.4 Å². The van der Waals surface area contributed by atoms with Crippen LogP contribution in [0, 0.1) is 5.92 Å². The second-order valence-corrected chi connectivity index (χ2v) is 5.73. The number of hydrogen-bond acceptors (Lipinski definition) is 2. The van der Waals surface area contributed by atoms with Gasteiger partial charge in [0.2, 0.25) is 6.41 Å². The highest BCUT2D eigenvalue weighted by Gasteiger charge is 2.21. The minimum absolute atomic E-state index is 0.0617. The summed E-state index contributed by atoms with van der Waals surface area (Å²) in [7, 11) is 0. The van der Waals surface area contributed by atoms with Crippen LogP contribution in [0.2, 0.25) is 0 Å². The average molecular weight is 274 g/mol. The lowest BCUT2D eigenvalue weighted by Gasteiger charge is -2.32. The molecule has 2 rings (SSSR count). The lowest BCUT2D eigenvalue weighted by atomic mass is 10.0. The Hall–Kier alpha value is -1.84. The monoisotopic (exact) mass is 274 g/mol. The highest BCUT2D eigenvalue weighted by atomic mass is 16.2. The SMILES string of the molecule is CC(C)Cc1ccc(C(=O)N2CCN(C=O)CC2)cc1. The molecule has 0 unspecified atom stereocenters. The van der Waals surface area contributed by atoms with Crippen molar-refractivity contribution in [3.05, 3.63) is 35.4 Å². The molecule has 0 bridgehead atoms. The fourth-order valence-electron chi connectivity index (χ4n) is 2.47. The van der Waals surface area contributed by atoms with Crippen LogP contribution >= 0.6 is 0 Å². The van der Waals surface area contributed by atoms with Crippen LogP contribution in [0.25, 0.3) is 0 Å². The zero-order valence-corrected chi connectivity index (χ0v) is 12.2. The number of nitrogens with zero attached hydrogens (tertiary/aromatic N) is 2. The molecule has 4 nitrogen and oxygen atoms in total. The second-order valence-electron chi connectivity index (χ2n) is 5.73. The predicted octanol–water partition coefficient (Wildman–Crippen LogP) is 1.80. The highest BCUT2D eigenvalue weighted by molar-refractivity contribution is 5.94. The van der Waals surface area contributed by atoms with Gasteiger partial charge in [-0.3, -0.25) is 9.59 Å². The standard InChI is InChI=1S/C16H22N2O2/c1-13(2)11-14-3-5-15(6-4-14)16(20)18-9-7-17(12-19)8-10-18/h3-6,12-13H,7-11H2,1-2H3. The molecule has 1 aliphatic heterocycles. The Morgan fingerprint density at radius 1 is 1.15 bits per heavy atom. The maximum Gasteiger partial charge on any atom is 0.253 e. The molecular formula is C16H22N2O2. The number of carbonyl (C=O) groups is 2. The van der Waals surface area contributed by atoms with E-state index in [-0.39, 0.29) is 5.91 Å². The van der Waals surface area contributed by atoms with Crippen molar-refractivity contribution in [1.82, 2.24) is 9.80 Å². The number of hydrogen-bond donors (Lipinski definition) is 0. The zero-order valence-electron chi connectivity index (χ0n) is 12.2. The molecule has 1 saturated heterocycles. The Kier molecular flexibility index (Phi) is 4.77. The Morgan fingerprint density at radius 2 is 1.75 bits per heavy atom. The van der Waals surface area contributed by atoms with Crippen LogP contribution < -0.4 is 0 Å². The molecule has 4 heteroatoms. The normalized spacial score (nSPS) is 15.6. The largest absolute Gasteiger partial charge is 0.342 e. The van der Waals surface area contributed by atoms with Crippen molar-refractivity contribution in [2.75, 3.05) is 26.2 Å². The molecule has 0 saturated carbocycles. The van der Waals surface area contributed by atoms with Gasteiger partial charge in [-0.1, -0.05) is 26.0 Å². The lowest BCUT2D eigenvalue weighted by Crippen LogP contribution is -2.48. The summed E-state index contributed by atoms with van der Waals surface area (Å²) in [6.45, 7) is 6.86. The van der Waals surface area contributed by atoms with E-state index in [2.05, 4.69) is 13.8 Å². The lowest BCUT2D eigenvalue weighted by molar-refractivity contribution is -0.119. The Bertz CT molecular complexity index is 460. The van der Waals surface area contributed by atoms with E-state index >= 15 is 0 Å². The van der Waals surface area contributed by atoms with Crippen molar-refractivity contribution >= 4 is 12.3 Å². The fourth-order valence-corrected chi connectivity index (χ4v) is 2.47. The first-order valence-corrected chi connectivity index (χ1v) is 7.17. The van der Waals surface area contributed by atoms with Crippen LogP contribution in [-0.4, -0.2) is 48.3 Å². The first-order valence-electron chi connectivity index (χ1n) is 7.17. The predicted molar refractivity (Wildman–Crippen MR) is 78.5 cm³/mol. The van der Waals surface area contributed by atoms with E-state index in [4.69, 9.17) is 0 Å². The van der Waals surface area contributed by atoms with Crippen LogP contribution in [-0.2, 0) is 11.2 Å². The van der Waals surface area contributed by atoms with E-state index in [1.54, 1.807) is 4.90 Å². The van der Waals surface area contributed by atoms with Gasteiger partial charge in [0.1, 0.15) is 0 Å². The van der Waals surface area contributed by atoms with E-state index < -0.39 is 0 Å². The highest BCUT2D eigenvalue weighted by Crippen LogP contribution is 2.12. The van der Waals surface area contributed by atoms with Gasteiger partial charge >= 0.3 is 0 Å². The number of rotatable bonds is 4. The first kappa shape index (κ1) is 14.6. The topological polar surface area (TPSA) is 40.6 Å². The van der Waals surface area contributed by atoms with Crippen LogP contribution in [0.3, 0.4) is 0 Å². The van der Waals surface area contributed by atoms with Gasteiger partial charge in [-0.2, -0.15) is 0 Å². The molecule has 0 N–H and O–H groups in total. The minimum atomic E-state index is 0.0617. The van der Waals surface area contributed by atoms with Gasteiger partial charge in [0.25, 0.3) is 5.91 Å². The fraction of sp³-hybridized carbons (Fsp3) is 0.500. The minimum Gasteiger partial charge on any atom is -0.342 e. The average Bonchev–Trinajstić information content (AvgIpc) is 2.47. The van der Waals surface area contributed by atoms with Crippen LogP contribution in [0.15, 0.2) is 24.3 Å². The molecule has 0 aliphatic carbocycles. The molecule has 1 aliphatic rings. The summed E-state index contributed by atoms with van der Waals surface area (Å²) in [5.74, 6) is 0.680. The van der Waals surface area contributed by atoms with E-state index in [9.17, 15) is 9.59 Å². The van der Waals surface area contributed by atoms with Crippen molar-refractivity contribution < 1.29 is 9.59 Å². The zero-order chi connectivity index (χ0) is 14.5. The van der Waals surface area contributed by atoms with Gasteiger partial charge in [0, 0.05) is 31.7 Å². The smallest absolute Gasteiger partial charge is 0.253 e. The van der Waals surface area contributed by atoms with Gasteiger partial charge in [0.15, 0.2) is 0 Å². The third-order valence-electron chi connectivity index (χ3n) is 3.60. The molecule has 0 spiro atoms. The summed E-state index contributed by atoms with van der Waals surface area (Å²) in [5.41, 5.74) is 2.00. The van der Waals surface area contributed by atoms with Crippen LogP contribution in [0.4, 0.5) is 0 Å². The molecule has 1 aromatic rings. The Balaban J connectivity index is 1.97. The van der Waals surface area contributed by atoms with Crippen molar-refractivity contribution in [2.24, 2.45) is 5.92 Å². The number of piperazine rings is 1. The van der Waals surface area contributed by atoms with E-state index in [1.165, 1.54) is 5.56 Å². The maximum absolute atomic E-state index is 12.3. The molecule has 0 atom stereocenters. The summed E-state index contributed by atoms with van der Waals surface area (Å²) in [4.78, 5) is 26.5. The molecule has 108 valence electrons. The third kappa shape index (κ3) is 3.59. The first-order chi connectivity index (χ1) is 9.60. The summed E-state index contributed by atoms with van der Waals surface area (Å²) >= 11 is 0. The summed E-state index contributed by atoms with van der Waals surface area (Å²) in [5, 5.41) is 0. The third-order valence-corrected chi connectivity index (χ3v) is 3.60. The number of benzene rings is 1. The summed E-state index contributed by atoms with van der Waals surface area (Å²) in [6.07, 6.45) is 1.88. The van der Waals surface area contributed by atoms with Crippen molar-refractivity contribution in [2.45, 2.75) is 20.3 Å². The van der Waals surface area contributed by atoms with Crippen molar-refractivity contribution in [3.63, 3.8) is 0 Å². The molecule has 0 aromatic heterocycles. The van der Waals surface area contributed by atoms with Gasteiger partial charge in [0.05, 0.1) is 0 Å². The molecule has 1 fully saturated rings. The van der Waals surface area contributed by atoms with Crippen LogP contribution in [0.1, 0.15) is 29.8 Å².